The fraction of sp³-hybridized carbons (Fsp3) is 0.208. The molecule has 0 saturated carbocycles. The third-order valence-electron chi connectivity index (χ3n) is 4.50. The van der Waals surface area contributed by atoms with Crippen molar-refractivity contribution in [1.82, 2.24) is 9.88 Å². The van der Waals surface area contributed by atoms with E-state index in [1.54, 1.807) is 49.1 Å². The lowest BCUT2D eigenvalue weighted by atomic mass is 10.1. The first-order valence-electron chi connectivity index (χ1n) is 9.81. The Balaban J connectivity index is 1.42. The molecule has 0 fully saturated rings. The summed E-state index contributed by atoms with van der Waals surface area (Å²) in [6, 6.07) is 14.2. The number of ether oxygens (including phenoxy) is 1. The number of benzene rings is 2. The SMILES string of the molecule is CC(C)Oc1ccc(Sc2ncc(C#CC(C)N3C(=O)c4ccccc4C3=O)s2)cc1. The van der Waals surface area contributed by atoms with Crippen LogP contribution in [0.1, 0.15) is 46.4 Å². The Morgan fingerprint density at radius 3 is 2.26 bits per heavy atom. The van der Waals surface area contributed by atoms with E-state index in [4.69, 9.17) is 4.74 Å². The van der Waals surface area contributed by atoms with Crippen molar-refractivity contribution in [1.29, 1.82) is 0 Å². The molecule has 0 N–H and O–H groups in total. The first-order chi connectivity index (χ1) is 14.9. The Bertz CT molecular complexity index is 1150. The van der Waals surface area contributed by atoms with Crippen LogP contribution in [0.25, 0.3) is 0 Å². The van der Waals surface area contributed by atoms with E-state index >= 15 is 0 Å². The third-order valence-corrected chi connectivity index (χ3v) is 6.50. The van der Waals surface area contributed by atoms with Gasteiger partial charge in [-0.05, 0) is 57.2 Å². The molecular formula is C24H20N2O3S2. The molecule has 2 heterocycles. The number of thiazole rings is 1. The van der Waals surface area contributed by atoms with Crippen LogP contribution in [0.4, 0.5) is 0 Å². The van der Waals surface area contributed by atoms with Crippen molar-refractivity contribution in [3.63, 3.8) is 0 Å². The maximum atomic E-state index is 12.6. The molecule has 3 aromatic rings. The van der Waals surface area contributed by atoms with Crippen molar-refractivity contribution in [2.45, 2.75) is 42.2 Å². The zero-order valence-electron chi connectivity index (χ0n) is 17.3. The molecule has 0 spiro atoms. The number of carbonyl (C=O) groups excluding carboxylic acids is 2. The molecule has 2 amide bonds. The predicted octanol–water partition coefficient (Wildman–Crippen LogP) is 5.12. The zero-order chi connectivity index (χ0) is 22.0. The molecule has 31 heavy (non-hydrogen) atoms. The first-order valence-corrected chi connectivity index (χ1v) is 11.4. The molecular weight excluding hydrogens is 428 g/mol. The Kier molecular flexibility index (Phi) is 6.12. The molecule has 0 bridgehead atoms. The van der Waals surface area contributed by atoms with E-state index in [-0.39, 0.29) is 17.9 Å². The van der Waals surface area contributed by atoms with Crippen LogP contribution in [-0.2, 0) is 0 Å². The second-order valence-electron chi connectivity index (χ2n) is 7.20. The fourth-order valence-electron chi connectivity index (χ4n) is 3.12. The van der Waals surface area contributed by atoms with Crippen LogP contribution < -0.4 is 4.74 Å². The molecule has 2 aromatic carbocycles. The maximum absolute atomic E-state index is 12.6. The van der Waals surface area contributed by atoms with Crippen LogP contribution in [0.3, 0.4) is 0 Å². The van der Waals surface area contributed by atoms with Gasteiger partial charge in [-0.1, -0.05) is 47.1 Å². The third kappa shape index (κ3) is 4.66. The van der Waals surface area contributed by atoms with E-state index in [2.05, 4.69) is 16.8 Å². The van der Waals surface area contributed by atoms with Crippen molar-refractivity contribution >= 4 is 34.9 Å². The topological polar surface area (TPSA) is 59.5 Å². The van der Waals surface area contributed by atoms with E-state index in [0.717, 1.165) is 19.9 Å². The van der Waals surface area contributed by atoms with E-state index in [9.17, 15) is 9.59 Å². The van der Waals surface area contributed by atoms with Gasteiger partial charge < -0.3 is 4.74 Å². The first kappa shape index (κ1) is 21.2. The van der Waals surface area contributed by atoms with E-state index in [1.165, 1.54) is 16.2 Å². The summed E-state index contributed by atoms with van der Waals surface area (Å²) < 4.78 is 6.53. The number of hydrogen-bond acceptors (Lipinski definition) is 6. The van der Waals surface area contributed by atoms with E-state index < -0.39 is 6.04 Å². The van der Waals surface area contributed by atoms with Gasteiger partial charge in [0.2, 0.25) is 0 Å². The van der Waals surface area contributed by atoms with Crippen LogP contribution in [0.15, 0.2) is 64.0 Å². The molecule has 1 unspecified atom stereocenters. The van der Waals surface area contributed by atoms with Gasteiger partial charge in [-0.2, -0.15) is 0 Å². The number of amides is 2. The van der Waals surface area contributed by atoms with Crippen molar-refractivity contribution in [3.8, 4) is 17.6 Å². The summed E-state index contributed by atoms with van der Waals surface area (Å²) >= 11 is 3.03. The molecule has 7 heteroatoms. The highest BCUT2D eigenvalue weighted by atomic mass is 32.2. The summed E-state index contributed by atoms with van der Waals surface area (Å²) in [6.07, 6.45) is 1.85. The normalized spacial score (nSPS) is 13.7. The number of carbonyl (C=O) groups is 2. The molecule has 1 aromatic heterocycles. The Hall–Kier alpha value is -3.08. The lowest BCUT2D eigenvalue weighted by molar-refractivity contribution is 0.0630. The lowest BCUT2D eigenvalue weighted by Crippen LogP contribution is -2.37. The minimum Gasteiger partial charge on any atom is -0.491 e. The number of imide groups is 1. The van der Waals surface area contributed by atoms with Gasteiger partial charge in [0, 0.05) is 4.90 Å². The van der Waals surface area contributed by atoms with E-state index in [1.807, 2.05) is 38.1 Å². The summed E-state index contributed by atoms with van der Waals surface area (Å²) in [6.45, 7) is 5.75. The van der Waals surface area contributed by atoms with Crippen LogP contribution in [-0.4, -0.2) is 33.8 Å². The quantitative estimate of drug-likeness (QED) is 0.401. The minimum absolute atomic E-state index is 0.140. The van der Waals surface area contributed by atoms with Gasteiger partial charge in [-0.25, -0.2) is 4.98 Å². The second kappa shape index (κ2) is 8.96. The van der Waals surface area contributed by atoms with Gasteiger partial charge in [0.25, 0.3) is 11.8 Å². The number of aromatic nitrogens is 1. The summed E-state index contributed by atoms with van der Waals surface area (Å²) in [5, 5.41) is 0. The van der Waals surface area contributed by atoms with Crippen LogP contribution in [0.2, 0.25) is 0 Å². The van der Waals surface area contributed by atoms with Crippen LogP contribution in [0, 0.1) is 11.8 Å². The monoisotopic (exact) mass is 448 g/mol. The predicted molar refractivity (Wildman–Crippen MR) is 122 cm³/mol. The second-order valence-corrected chi connectivity index (χ2v) is 9.55. The molecule has 156 valence electrons. The smallest absolute Gasteiger partial charge is 0.262 e. The molecule has 5 nitrogen and oxygen atoms in total. The van der Waals surface area contributed by atoms with E-state index in [0.29, 0.717) is 11.1 Å². The van der Waals surface area contributed by atoms with Crippen LogP contribution in [0.5, 0.6) is 5.75 Å². The number of nitrogens with zero attached hydrogens (tertiary/aromatic N) is 2. The Morgan fingerprint density at radius 2 is 1.65 bits per heavy atom. The molecule has 1 aliphatic heterocycles. The highest BCUT2D eigenvalue weighted by Crippen LogP contribution is 2.32. The maximum Gasteiger partial charge on any atom is 0.262 e. The van der Waals surface area contributed by atoms with Crippen molar-refractivity contribution in [2.24, 2.45) is 0 Å². The molecule has 4 rings (SSSR count). The van der Waals surface area contributed by atoms with Gasteiger partial charge in [-0.15, -0.1) is 0 Å². The van der Waals surface area contributed by atoms with Gasteiger partial charge >= 0.3 is 0 Å². The average Bonchev–Trinajstić information content (AvgIpc) is 3.30. The summed E-state index contributed by atoms with van der Waals surface area (Å²) in [4.78, 5) is 32.6. The van der Waals surface area contributed by atoms with Crippen molar-refractivity contribution in [2.75, 3.05) is 0 Å². The van der Waals surface area contributed by atoms with Crippen molar-refractivity contribution < 1.29 is 14.3 Å². The molecule has 1 aliphatic rings. The molecule has 0 radical (unpaired) electrons. The number of rotatable bonds is 5. The highest BCUT2D eigenvalue weighted by Gasteiger charge is 2.37. The number of fused-ring (bicyclic) bond motifs is 1. The zero-order valence-corrected chi connectivity index (χ0v) is 18.9. The van der Waals surface area contributed by atoms with Gasteiger partial charge in [0.15, 0.2) is 4.34 Å². The molecule has 0 aliphatic carbocycles. The standard InChI is InChI=1S/C24H20N2O3S2/c1-15(2)29-17-9-12-18(13-10-17)30-24-25-14-19(31-24)11-8-16(3)26-22(27)20-6-4-5-7-21(20)23(26)28/h4-7,9-10,12-16H,1-3H3. The largest absolute Gasteiger partial charge is 0.491 e. The number of hydrogen-bond donors (Lipinski definition) is 0. The fourth-order valence-corrected chi connectivity index (χ4v) is 4.93. The molecule has 0 saturated heterocycles. The van der Waals surface area contributed by atoms with Crippen molar-refractivity contribution in [3.05, 3.63) is 70.7 Å². The summed E-state index contributed by atoms with van der Waals surface area (Å²) in [5.74, 6) is 6.31. The minimum atomic E-state index is -0.529. The summed E-state index contributed by atoms with van der Waals surface area (Å²) in [5.41, 5.74) is 0.866. The van der Waals surface area contributed by atoms with Crippen LogP contribution >= 0.6 is 23.1 Å². The Morgan fingerprint density at radius 1 is 1.00 bits per heavy atom. The van der Waals surface area contributed by atoms with Gasteiger partial charge in [0.05, 0.1) is 34.3 Å². The average molecular weight is 449 g/mol. The van der Waals surface area contributed by atoms with Gasteiger partial charge in [-0.3, -0.25) is 14.5 Å². The lowest BCUT2D eigenvalue weighted by Gasteiger charge is -2.17. The highest BCUT2D eigenvalue weighted by molar-refractivity contribution is 8.01. The van der Waals surface area contributed by atoms with Gasteiger partial charge in [0.1, 0.15) is 5.75 Å². The molecule has 1 atom stereocenters. The Labute approximate surface area is 189 Å². The summed E-state index contributed by atoms with van der Waals surface area (Å²) in [7, 11) is 0.